The van der Waals surface area contributed by atoms with Crippen molar-refractivity contribution in [3.8, 4) is 22.8 Å². The third-order valence-corrected chi connectivity index (χ3v) is 4.01. The Morgan fingerprint density at radius 2 is 1.88 bits per heavy atom. The Balaban J connectivity index is 1.89. The molecule has 0 radical (unpaired) electrons. The summed E-state index contributed by atoms with van der Waals surface area (Å²) >= 11 is 0. The van der Waals surface area contributed by atoms with Crippen molar-refractivity contribution in [3.05, 3.63) is 30.1 Å². The lowest BCUT2D eigenvalue weighted by atomic mass is 10.1. The molecule has 0 aliphatic rings. The van der Waals surface area contributed by atoms with Crippen LogP contribution in [-0.2, 0) is 24.8 Å². The lowest BCUT2D eigenvalue weighted by Crippen LogP contribution is -2.17. The van der Waals surface area contributed by atoms with Gasteiger partial charge < -0.3 is 9.84 Å². The van der Waals surface area contributed by atoms with Gasteiger partial charge in [-0.2, -0.15) is 9.90 Å². The summed E-state index contributed by atoms with van der Waals surface area (Å²) in [5, 5.41) is 26.6. The number of aromatic nitrogens is 7. The molecule has 0 fully saturated rings. The number of ether oxygens (including phenoxy) is 1. The third kappa shape index (κ3) is 4.12. The second-order valence-corrected chi connectivity index (χ2v) is 6.02. The van der Waals surface area contributed by atoms with E-state index in [0.717, 1.165) is 17.0 Å². The first kappa shape index (κ1) is 18.2. The zero-order chi connectivity index (χ0) is 18.5. The summed E-state index contributed by atoms with van der Waals surface area (Å²) in [6, 6.07) is 7.75. The van der Waals surface area contributed by atoms with Crippen LogP contribution in [0.3, 0.4) is 0 Å². The summed E-state index contributed by atoms with van der Waals surface area (Å²) in [6.45, 7) is 2.89. The zero-order valence-electron chi connectivity index (χ0n) is 15.2. The predicted molar refractivity (Wildman–Crippen MR) is 95.1 cm³/mol. The van der Waals surface area contributed by atoms with Crippen molar-refractivity contribution >= 4 is 0 Å². The Morgan fingerprint density at radius 1 is 1.15 bits per heavy atom. The van der Waals surface area contributed by atoms with Crippen LogP contribution in [0.25, 0.3) is 22.8 Å². The van der Waals surface area contributed by atoms with Crippen molar-refractivity contribution < 1.29 is 9.84 Å². The van der Waals surface area contributed by atoms with E-state index in [1.165, 1.54) is 4.80 Å². The van der Waals surface area contributed by atoms with E-state index in [1.54, 1.807) is 18.8 Å². The number of rotatable bonds is 8. The summed E-state index contributed by atoms with van der Waals surface area (Å²) in [5.41, 5.74) is 1.79. The van der Waals surface area contributed by atoms with Crippen molar-refractivity contribution in [2.75, 3.05) is 13.7 Å². The summed E-state index contributed by atoms with van der Waals surface area (Å²) in [5.74, 6) is 2.00. The van der Waals surface area contributed by atoms with Gasteiger partial charge in [-0.1, -0.05) is 31.2 Å². The number of hydrogen-bond donors (Lipinski definition) is 1. The molecule has 3 rings (SSSR count). The molecular weight excluding hydrogens is 334 g/mol. The molecule has 0 bridgehead atoms. The molecule has 1 atom stereocenters. The number of hydrogen-bond acceptors (Lipinski definition) is 7. The molecule has 3 aromatic rings. The van der Waals surface area contributed by atoms with Crippen LogP contribution in [0.15, 0.2) is 24.3 Å². The van der Waals surface area contributed by atoms with Gasteiger partial charge >= 0.3 is 0 Å². The van der Waals surface area contributed by atoms with Gasteiger partial charge in [0, 0.05) is 24.7 Å². The predicted octanol–water partition coefficient (Wildman–Crippen LogP) is 1.10. The lowest BCUT2D eigenvalue weighted by Gasteiger charge is -2.10. The van der Waals surface area contributed by atoms with Crippen LogP contribution < -0.4 is 0 Å². The number of benzene rings is 1. The van der Waals surface area contributed by atoms with Crippen molar-refractivity contribution in [2.45, 2.75) is 32.4 Å². The average molecular weight is 357 g/mol. The molecule has 0 saturated heterocycles. The van der Waals surface area contributed by atoms with Gasteiger partial charge in [0.15, 0.2) is 11.6 Å². The van der Waals surface area contributed by atoms with Crippen LogP contribution in [0.5, 0.6) is 0 Å². The smallest absolute Gasteiger partial charge is 0.204 e. The van der Waals surface area contributed by atoms with E-state index < -0.39 is 6.10 Å². The minimum atomic E-state index is -0.464. The highest BCUT2D eigenvalue weighted by Gasteiger charge is 2.15. The van der Waals surface area contributed by atoms with Gasteiger partial charge in [-0.15, -0.1) is 10.2 Å². The van der Waals surface area contributed by atoms with Gasteiger partial charge in [-0.25, -0.2) is 9.67 Å². The summed E-state index contributed by atoms with van der Waals surface area (Å²) in [7, 11) is 3.38. The number of nitrogens with zero attached hydrogens (tertiary/aromatic N) is 7. The largest absolute Gasteiger partial charge is 0.391 e. The van der Waals surface area contributed by atoms with Crippen LogP contribution in [0.4, 0.5) is 0 Å². The molecule has 2 aromatic heterocycles. The van der Waals surface area contributed by atoms with E-state index in [-0.39, 0.29) is 0 Å². The van der Waals surface area contributed by atoms with Gasteiger partial charge in [0.2, 0.25) is 5.82 Å². The zero-order valence-corrected chi connectivity index (χ0v) is 15.2. The highest BCUT2D eigenvalue weighted by atomic mass is 16.5. The van der Waals surface area contributed by atoms with E-state index in [1.807, 2.05) is 31.2 Å². The van der Waals surface area contributed by atoms with Gasteiger partial charge in [-0.3, -0.25) is 0 Å². The number of aliphatic hydroxyl groups is 1. The summed E-state index contributed by atoms with van der Waals surface area (Å²) in [4.78, 5) is 6.05. The molecule has 1 N–H and O–H groups in total. The van der Waals surface area contributed by atoms with E-state index in [4.69, 9.17) is 4.74 Å². The molecule has 9 heteroatoms. The molecule has 0 aliphatic carbocycles. The van der Waals surface area contributed by atoms with Crippen LogP contribution in [0.1, 0.15) is 19.2 Å². The molecule has 26 heavy (non-hydrogen) atoms. The van der Waals surface area contributed by atoms with Crippen molar-refractivity contribution in [2.24, 2.45) is 7.05 Å². The van der Waals surface area contributed by atoms with Crippen molar-refractivity contribution in [3.63, 3.8) is 0 Å². The number of aliphatic hydroxyl groups excluding tert-OH is 1. The SMILES string of the molecule is CC[C@H](O)Cn1nc(CCOC)nc1-c1ccc(-c2nnn(C)n2)cc1. The fraction of sp³-hybridized carbons (Fsp3) is 0.471. The first-order chi connectivity index (χ1) is 12.6. The molecule has 0 spiro atoms. The van der Waals surface area contributed by atoms with Gasteiger partial charge in [0.05, 0.1) is 26.3 Å². The lowest BCUT2D eigenvalue weighted by molar-refractivity contribution is 0.145. The quantitative estimate of drug-likeness (QED) is 0.643. The number of tetrazole rings is 1. The maximum absolute atomic E-state index is 10.0. The van der Waals surface area contributed by atoms with Crippen molar-refractivity contribution in [1.29, 1.82) is 0 Å². The minimum absolute atomic E-state index is 0.402. The first-order valence-corrected chi connectivity index (χ1v) is 8.56. The van der Waals surface area contributed by atoms with Crippen molar-refractivity contribution in [1.82, 2.24) is 35.0 Å². The van der Waals surface area contributed by atoms with Crippen LogP contribution in [-0.4, -0.2) is 59.9 Å². The Kier molecular flexibility index (Phi) is 5.69. The van der Waals surface area contributed by atoms with Crippen LogP contribution >= 0.6 is 0 Å². The summed E-state index contributed by atoms with van der Waals surface area (Å²) < 4.78 is 6.87. The Morgan fingerprint density at radius 3 is 2.50 bits per heavy atom. The molecule has 9 nitrogen and oxygen atoms in total. The number of methoxy groups -OCH3 is 1. The molecule has 1 aromatic carbocycles. The minimum Gasteiger partial charge on any atom is -0.391 e. The molecule has 0 amide bonds. The van der Waals surface area contributed by atoms with Gasteiger partial charge in [0.1, 0.15) is 0 Å². The Hall–Kier alpha value is -2.65. The fourth-order valence-corrected chi connectivity index (χ4v) is 2.53. The van der Waals surface area contributed by atoms with E-state index in [9.17, 15) is 5.11 Å². The third-order valence-electron chi connectivity index (χ3n) is 4.01. The highest BCUT2D eigenvalue weighted by molar-refractivity contribution is 5.62. The second-order valence-electron chi connectivity index (χ2n) is 6.02. The van der Waals surface area contributed by atoms with E-state index >= 15 is 0 Å². The molecule has 0 unspecified atom stereocenters. The molecule has 0 saturated carbocycles. The summed E-state index contributed by atoms with van der Waals surface area (Å²) in [6.07, 6.45) is 0.818. The monoisotopic (exact) mass is 357 g/mol. The Labute approximate surface area is 151 Å². The van der Waals surface area contributed by atoms with E-state index in [0.29, 0.717) is 37.6 Å². The second kappa shape index (κ2) is 8.15. The molecule has 2 heterocycles. The van der Waals surface area contributed by atoms with Crippen LogP contribution in [0.2, 0.25) is 0 Å². The molecular formula is C17H23N7O2. The Bertz CT molecular complexity index is 841. The normalized spacial score (nSPS) is 12.5. The number of aryl methyl sites for hydroxylation is 1. The maximum Gasteiger partial charge on any atom is 0.204 e. The first-order valence-electron chi connectivity index (χ1n) is 8.56. The molecule has 138 valence electrons. The topological polar surface area (TPSA) is 104 Å². The van der Waals surface area contributed by atoms with Gasteiger partial charge in [-0.05, 0) is 11.6 Å². The van der Waals surface area contributed by atoms with Crippen LogP contribution in [0, 0.1) is 0 Å². The molecule has 0 aliphatic heterocycles. The fourth-order valence-electron chi connectivity index (χ4n) is 2.53. The average Bonchev–Trinajstić information content (AvgIpc) is 3.26. The van der Waals surface area contributed by atoms with Gasteiger partial charge in [0.25, 0.3) is 0 Å². The standard InChI is InChI=1S/C17H23N7O2/c1-4-14(25)11-24-17(18-15(20-24)9-10-26-3)13-7-5-12(6-8-13)16-19-22-23(2)21-16/h5-8,14,25H,4,9-11H2,1-3H3/t14-/m0/s1. The highest BCUT2D eigenvalue weighted by Crippen LogP contribution is 2.22. The maximum atomic E-state index is 10.0. The van der Waals surface area contributed by atoms with E-state index in [2.05, 4.69) is 25.5 Å².